The Bertz CT molecular complexity index is 956. The summed E-state index contributed by atoms with van der Waals surface area (Å²) in [5, 5.41) is 1.19. The van der Waals surface area contributed by atoms with E-state index in [9.17, 15) is 9.59 Å². The van der Waals surface area contributed by atoms with Crippen molar-refractivity contribution in [3.8, 4) is 5.75 Å². The van der Waals surface area contributed by atoms with Crippen LogP contribution in [0.1, 0.15) is 15.4 Å². The fraction of sp³-hybridized carbons (Fsp3) is 0.211. The molecule has 1 amide bonds. The van der Waals surface area contributed by atoms with Crippen molar-refractivity contribution in [3.63, 3.8) is 0 Å². The van der Waals surface area contributed by atoms with Crippen LogP contribution in [0.5, 0.6) is 5.75 Å². The number of rotatable bonds is 6. The van der Waals surface area contributed by atoms with Crippen LogP contribution in [0.2, 0.25) is 5.02 Å². The lowest BCUT2D eigenvalue weighted by atomic mass is 10.2. The number of benzene rings is 2. The van der Waals surface area contributed by atoms with Gasteiger partial charge in [-0.1, -0.05) is 23.7 Å². The summed E-state index contributed by atoms with van der Waals surface area (Å²) in [5.74, 6) is -0.667. The highest BCUT2D eigenvalue weighted by atomic mass is 35.5. The first kappa shape index (κ1) is 19.1. The number of likely N-dealkylation sites (N-methyl/N-ethyl adjacent to an activating group) is 1. The second-order valence-corrected chi connectivity index (χ2v) is 7.30. The van der Waals surface area contributed by atoms with Gasteiger partial charge < -0.3 is 14.4 Å². The number of nitrogens with zero attached hydrogens (tertiary/aromatic N) is 2. The van der Waals surface area contributed by atoms with Crippen molar-refractivity contribution < 1.29 is 19.1 Å². The average molecular weight is 405 g/mol. The van der Waals surface area contributed by atoms with Gasteiger partial charge in [-0.25, -0.2) is 9.78 Å². The van der Waals surface area contributed by atoms with Gasteiger partial charge in [0, 0.05) is 12.1 Å². The number of thiazole rings is 1. The van der Waals surface area contributed by atoms with Gasteiger partial charge in [0.2, 0.25) is 0 Å². The normalized spacial score (nSPS) is 10.6. The predicted octanol–water partition coefficient (Wildman–Crippen LogP) is 3.77. The zero-order valence-corrected chi connectivity index (χ0v) is 16.3. The zero-order valence-electron chi connectivity index (χ0n) is 14.8. The number of methoxy groups -OCH3 is 1. The summed E-state index contributed by atoms with van der Waals surface area (Å²) in [6.07, 6.45) is 0. The third kappa shape index (κ3) is 4.56. The third-order valence-electron chi connectivity index (χ3n) is 3.84. The number of aromatic nitrogens is 1. The molecule has 1 aromatic heterocycles. The third-order valence-corrected chi connectivity index (χ3v) is 5.10. The van der Waals surface area contributed by atoms with Crippen LogP contribution in [0.3, 0.4) is 0 Å². The molecule has 1 heterocycles. The van der Waals surface area contributed by atoms with E-state index in [2.05, 4.69) is 4.98 Å². The number of halogens is 1. The van der Waals surface area contributed by atoms with Crippen LogP contribution in [-0.4, -0.2) is 42.5 Å². The number of carbonyl (C=O) groups is 2. The van der Waals surface area contributed by atoms with E-state index < -0.39 is 5.97 Å². The van der Waals surface area contributed by atoms with Crippen molar-refractivity contribution in [1.29, 1.82) is 0 Å². The monoisotopic (exact) mass is 404 g/mol. The molecule has 0 fully saturated rings. The first-order chi connectivity index (χ1) is 13.0. The molecule has 0 aliphatic rings. The van der Waals surface area contributed by atoms with Crippen molar-refractivity contribution in [2.24, 2.45) is 0 Å². The Hall–Kier alpha value is -2.64. The minimum atomic E-state index is -0.670. The van der Waals surface area contributed by atoms with Gasteiger partial charge in [0.1, 0.15) is 16.3 Å². The highest BCUT2D eigenvalue weighted by Crippen LogP contribution is 2.24. The van der Waals surface area contributed by atoms with Gasteiger partial charge in [0.15, 0.2) is 6.61 Å². The molecule has 0 atom stereocenters. The van der Waals surface area contributed by atoms with Crippen molar-refractivity contribution >= 4 is 45.0 Å². The first-order valence-electron chi connectivity index (χ1n) is 8.07. The van der Waals surface area contributed by atoms with Gasteiger partial charge in [-0.2, -0.15) is 0 Å². The molecule has 3 aromatic rings. The number of ether oxygens (including phenoxy) is 2. The van der Waals surface area contributed by atoms with Crippen LogP contribution in [0.4, 0.5) is 0 Å². The lowest BCUT2D eigenvalue weighted by Gasteiger charge is -2.16. The summed E-state index contributed by atoms with van der Waals surface area (Å²) >= 11 is 7.44. The molecule has 0 bridgehead atoms. The molecule has 0 aliphatic carbocycles. The van der Waals surface area contributed by atoms with Gasteiger partial charge in [-0.05, 0) is 30.3 Å². The molecule has 0 saturated heterocycles. The SMILES string of the molecule is COc1ccc(Cl)cc1C(=O)OCC(=O)N(C)Cc1nc2ccccc2s1. The number of hydrogen-bond acceptors (Lipinski definition) is 6. The molecule has 0 aliphatic heterocycles. The largest absolute Gasteiger partial charge is 0.496 e. The van der Waals surface area contributed by atoms with E-state index in [1.54, 1.807) is 19.2 Å². The maximum atomic E-state index is 12.3. The van der Waals surface area contributed by atoms with E-state index in [1.165, 1.54) is 29.4 Å². The van der Waals surface area contributed by atoms with Crippen LogP contribution < -0.4 is 4.74 Å². The van der Waals surface area contributed by atoms with Crippen LogP contribution in [0.15, 0.2) is 42.5 Å². The molecular formula is C19H17ClN2O4S. The van der Waals surface area contributed by atoms with Gasteiger partial charge in [-0.3, -0.25) is 4.79 Å². The molecule has 27 heavy (non-hydrogen) atoms. The molecule has 0 saturated carbocycles. The molecule has 0 radical (unpaired) electrons. The minimum Gasteiger partial charge on any atom is -0.496 e. The maximum Gasteiger partial charge on any atom is 0.342 e. The Balaban J connectivity index is 1.60. The van der Waals surface area contributed by atoms with E-state index in [4.69, 9.17) is 21.1 Å². The van der Waals surface area contributed by atoms with Gasteiger partial charge in [-0.15, -0.1) is 11.3 Å². The summed E-state index contributed by atoms with van der Waals surface area (Å²) in [7, 11) is 3.08. The van der Waals surface area contributed by atoms with Gasteiger partial charge in [0.05, 0.1) is 23.9 Å². The Labute approximate surface area is 165 Å². The average Bonchev–Trinajstić information content (AvgIpc) is 3.07. The second kappa shape index (κ2) is 8.37. The Morgan fingerprint density at radius 3 is 2.74 bits per heavy atom. The number of hydrogen-bond donors (Lipinski definition) is 0. The van der Waals surface area contributed by atoms with Crippen molar-refractivity contribution in [2.45, 2.75) is 6.54 Å². The van der Waals surface area contributed by atoms with E-state index in [-0.39, 0.29) is 18.1 Å². The molecule has 2 aromatic carbocycles. The summed E-state index contributed by atoms with van der Waals surface area (Å²) in [5.41, 5.74) is 1.07. The van der Waals surface area contributed by atoms with Crippen molar-refractivity contribution in [3.05, 3.63) is 58.1 Å². The fourth-order valence-electron chi connectivity index (χ4n) is 2.43. The van der Waals surface area contributed by atoms with Crippen LogP contribution in [0.25, 0.3) is 10.2 Å². The molecule has 140 valence electrons. The van der Waals surface area contributed by atoms with Crippen molar-refractivity contribution in [2.75, 3.05) is 20.8 Å². The summed E-state index contributed by atoms with van der Waals surface area (Å²) in [6.45, 7) is -0.0356. The number of para-hydroxylation sites is 1. The Morgan fingerprint density at radius 1 is 1.22 bits per heavy atom. The first-order valence-corrected chi connectivity index (χ1v) is 9.26. The Morgan fingerprint density at radius 2 is 2.00 bits per heavy atom. The summed E-state index contributed by atoms with van der Waals surface area (Å²) in [6, 6.07) is 12.4. The van der Waals surface area contributed by atoms with Crippen LogP contribution in [-0.2, 0) is 16.1 Å². The molecule has 0 unspecified atom stereocenters. The standard InChI is InChI=1S/C19H17ClN2O4S/c1-22(10-17-21-14-5-3-4-6-16(14)27-17)18(23)11-26-19(24)13-9-12(20)7-8-15(13)25-2/h3-9H,10-11H2,1-2H3. The van der Waals surface area contributed by atoms with E-state index >= 15 is 0 Å². The van der Waals surface area contributed by atoms with Crippen LogP contribution >= 0.6 is 22.9 Å². The second-order valence-electron chi connectivity index (χ2n) is 5.75. The zero-order chi connectivity index (χ0) is 19.4. The van der Waals surface area contributed by atoms with Gasteiger partial charge >= 0.3 is 5.97 Å². The van der Waals surface area contributed by atoms with E-state index in [1.807, 2.05) is 24.3 Å². The number of esters is 1. The van der Waals surface area contributed by atoms with E-state index in [0.717, 1.165) is 15.2 Å². The summed E-state index contributed by atoms with van der Waals surface area (Å²) in [4.78, 5) is 30.5. The van der Waals surface area contributed by atoms with E-state index in [0.29, 0.717) is 17.3 Å². The Kier molecular flexibility index (Phi) is 5.93. The molecule has 0 spiro atoms. The molecule has 6 nitrogen and oxygen atoms in total. The topological polar surface area (TPSA) is 68.7 Å². The lowest BCUT2D eigenvalue weighted by Crippen LogP contribution is -2.30. The highest BCUT2D eigenvalue weighted by Gasteiger charge is 2.18. The smallest absolute Gasteiger partial charge is 0.342 e. The number of amides is 1. The molecular weight excluding hydrogens is 388 g/mol. The highest BCUT2D eigenvalue weighted by molar-refractivity contribution is 7.18. The predicted molar refractivity (Wildman–Crippen MR) is 104 cm³/mol. The number of fused-ring (bicyclic) bond motifs is 1. The molecule has 3 rings (SSSR count). The molecule has 8 heteroatoms. The fourth-order valence-corrected chi connectivity index (χ4v) is 3.63. The quantitative estimate of drug-likeness (QED) is 0.585. The van der Waals surface area contributed by atoms with Crippen LogP contribution in [0, 0.1) is 0 Å². The maximum absolute atomic E-state index is 12.3. The van der Waals surface area contributed by atoms with Crippen molar-refractivity contribution in [1.82, 2.24) is 9.88 Å². The lowest BCUT2D eigenvalue weighted by molar-refractivity contribution is -0.133. The number of carbonyl (C=O) groups excluding carboxylic acids is 2. The minimum absolute atomic E-state index is 0.173. The van der Waals surface area contributed by atoms with Gasteiger partial charge in [0.25, 0.3) is 5.91 Å². The molecule has 0 N–H and O–H groups in total. The summed E-state index contributed by atoms with van der Waals surface area (Å²) < 4.78 is 11.3.